The van der Waals surface area contributed by atoms with Crippen molar-refractivity contribution in [2.45, 2.75) is 259 Å². The third-order valence-electron chi connectivity index (χ3n) is 19.4. The Morgan fingerprint density at radius 2 is 0.780 bits per heavy atom. The van der Waals surface area contributed by atoms with Gasteiger partial charge in [-0.2, -0.15) is 0 Å². The molecule has 0 saturated carbocycles. The van der Waals surface area contributed by atoms with Gasteiger partial charge in [-0.25, -0.2) is 0 Å². The van der Waals surface area contributed by atoms with Crippen LogP contribution >= 0.6 is 22.7 Å². The Bertz CT molecular complexity index is 3940. The molecule has 0 unspecified atom stereocenters. The van der Waals surface area contributed by atoms with Crippen LogP contribution < -0.4 is 9.47 Å². The number of hydrogen-bond acceptors (Lipinski definition) is 10. The van der Waals surface area contributed by atoms with E-state index in [1.54, 1.807) is 22.7 Å². The zero-order valence-electron chi connectivity index (χ0n) is 55.5. The summed E-state index contributed by atoms with van der Waals surface area (Å²) in [5, 5.41) is 4.98. The minimum Gasteiger partial charge on any atom is -0.448 e. The van der Waals surface area contributed by atoms with E-state index >= 15 is 0 Å². The monoisotopic (exact) mass is 1260 g/mol. The molecule has 0 spiro atoms. The number of carbonyl (C=O) groups excluding carboxylic acids is 2. The molecule has 9 nitrogen and oxygen atoms in total. The van der Waals surface area contributed by atoms with Crippen molar-refractivity contribution in [1.82, 2.24) is 24.5 Å². The van der Waals surface area contributed by atoms with Crippen molar-refractivity contribution in [3.63, 3.8) is 0 Å². The van der Waals surface area contributed by atoms with Crippen molar-refractivity contribution in [1.29, 1.82) is 0 Å². The fraction of sp³-hybridized carbons (Fsp3) is 0.500. The predicted octanol–water partition coefficient (Wildman–Crippen LogP) is 24.1. The highest BCUT2D eigenvalue weighted by molar-refractivity contribution is 7.22. The van der Waals surface area contributed by atoms with Crippen molar-refractivity contribution >= 4 is 76.2 Å². The minimum absolute atomic E-state index is 0.00384. The number of rotatable bonds is 38. The van der Waals surface area contributed by atoms with Crippen LogP contribution in [0.5, 0.6) is 11.5 Å². The smallest absolute Gasteiger partial charge is 0.236 e. The van der Waals surface area contributed by atoms with Gasteiger partial charge in [-0.3, -0.25) is 29.5 Å². The Labute approximate surface area is 550 Å². The van der Waals surface area contributed by atoms with E-state index in [0.717, 1.165) is 106 Å². The Kier molecular flexibility index (Phi) is 23.8. The molecule has 91 heavy (non-hydrogen) atoms. The van der Waals surface area contributed by atoms with Crippen LogP contribution in [0.2, 0.25) is 0 Å². The van der Waals surface area contributed by atoms with E-state index in [4.69, 9.17) is 24.4 Å². The highest BCUT2D eigenvalue weighted by Gasteiger charge is 2.41. The highest BCUT2D eigenvalue weighted by atomic mass is 32.1. The van der Waals surface area contributed by atoms with Crippen molar-refractivity contribution in [2.24, 2.45) is 0 Å². The van der Waals surface area contributed by atoms with E-state index in [2.05, 4.69) is 73.6 Å². The second-order valence-corrected chi connectivity index (χ2v) is 28.7. The molecular weight excluding hydrogens is 1160 g/mol. The summed E-state index contributed by atoms with van der Waals surface area (Å²) in [5.41, 5.74) is 10.9. The SMILES string of the molecule is CCCCCCCCCCCCCc1c(C)ccc2c1O/C(=C1/Oc3c(ccc(-c4cnc(-c5cc6cc7c8cc9cc(-c%10cnc(C)cn%10)sc9cc8n(CCCCCCCCCCCC)c7cc6s5)cn4)c3CCCCCCCCCCCCC)C1=O)C2=O. The Balaban J connectivity index is 0.832. The molecule has 0 radical (unpaired) electrons. The molecule has 0 bridgehead atoms. The van der Waals surface area contributed by atoms with Crippen LogP contribution in [0, 0.1) is 13.8 Å². The van der Waals surface area contributed by atoms with Crippen LogP contribution in [0.15, 0.2) is 97.0 Å². The number of fused-ring (bicyclic) bond motifs is 7. The lowest BCUT2D eigenvalue weighted by Gasteiger charge is -2.14. The lowest BCUT2D eigenvalue weighted by Crippen LogP contribution is -2.11. The van der Waals surface area contributed by atoms with Crippen molar-refractivity contribution in [3.8, 4) is 43.9 Å². The molecular formula is C80H99N5O4S2. The van der Waals surface area contributed by atoms with E-state index in [1.807, 2.05) is 56.0 Å². The van der Waals surface area contributed by atoms with Gasteiger partial charge in [0.1, 0.15) is 11.5 Å². The Hall–Kier alpha value is -6.56. The number of allylic oxidation sites excluding steroid dienone is 2. The van der Waals surface area contributed by atoms with Crippen LogP contribution in [0.25, 0.3) is 74.4 Å². The lowest BCUT2D eigenvalue weighted by atomic mass is 9.94. The minimum atomic E-state index is -0.313. The zero-order valence-corrected chi connectivity index (χ0v) is 57.2. The molecule has 9 aromatic rings. The van der Waals surface area contributed by atoms with Crippen molar-refractivity contribution in [2.75, 3.05) is 0 Å². The molecule has 0 atom stereocenters. The number of carbonyl (C=O) groups is 2. The number of thiophene rings is 2. The van der Waals surface area contributed by atoms with Gasteiger partial charge in [0.2, 0.25) is 23.1 Å². The Morgan fingerprint density at radius 3 is 1.23 bits per heavy atom. The molecule has 0 saturated heterocycles. The first kappa shape index (κ1) is 65.9. The molecule has 5 aromatic heterocycles. The highest BCUT2D eigenvalue weighted by Crippen LogP contribution is 2.46. The van der Waals surface area contributed by atoms with Crippen LogP contribution in [-0.2, 0) is 19.4 Å². The van der Waals surface area contributed by atoms with Gasteiger partial charge >= 0.3 is 0 Å². The number of unbranched alkanes of at least 4 members (excludes halogenated alkanes) is 29. The third kappa shape index (κ3) is 16.1. The summed E-state index contributed by atoms with van der Waals surface area (Å²) >= 11 is 3.57. The molecule has 0 fully saturated rings. The maximum atomic E-state index is 14.6. The number of ether oxygens (including phenoxy) is 2. The number of ketones is 2. The van der Waals surface area contributed by atoms with Crippen molar-refractivity contribution < 1.29 is 19.1 Å². The standard InChI is InChI=1S/C80H99N5O4S2/c1-6-9-12-15-18-21-24-26-29-32-35-38-59-55(4)40-41-62-75(86)79(88-77(59)62)80-76(87)63-43-42-60(61(78(63)89-80)39-36-33-30-27-25-22-19-16-13-10-7-2)66-52-84-68(54-83-66)74-48-58-46-65-64-45-57-47-73(67-53-81-56(5)51-82-67)90-71(57)49-69(64)85(70(65)50-72(58)91-74)44-37-34-31-28-23-20-17-14-11-8-3/h40-43,45-54H,6-39,44H2,1-5H3/b80-79+. The molecule has 480 valence electrons. The van der Waals surface area contributed by atoms with Gasteiger partial charge in [0.05, 0.1) is 73.3 Å². The van der Waals surface area contributed by atoms with Gasteiger partial charge < -0.3 is 14.0 Å². The predicted molar refractivity (Wildman–Crippen MR) is 383 cm³/mol. The number of aryl methyl sites for hydroxylation is 3. The first-order chi connectivity index (χ1) is 44.7. The average Bonchev–Trinajstić information content (AvgIpc) is 1.66. The van der Waals surface area contributed by atoms with Gasteiger partial charge in [-0.15, -0.1) is 22.7 Å². The summed E-state index contributed by atoms with van der Waals surface area (Å²) in [6, 6.07) is 21.9. The third-order valence-corrected chi connectivity index (χ3v) is 21.7. The van der Waals surface area contributed by atoms with Gasteiger partial charge in [-0.1, -0.05) is 219 Å². The quantitative estimate of drug-likeness (QED) is 0.0278. The maximum Gasteiger partial charge on any atom is 0.236 e. The van der Waals surface area contributed by atoms with E-state index < -0.39 is 0 Å². The van der Waals surface area contributed by atoms with Crippen LogP contribution in [0.4, 0.5) is 0 Å². The molecule has 0 aliphatic carbocycles. The van der Waals surface area contributed by atoms with Gasteiger partial charge in [-0.05, 0) is 116 Å². The first-order valence-electron chi connectivity index (χ1n) is 35.8. The molecule has 4 aromatic carbocycles. The summed E-state index contributed by atoms with van der Waals surface area (Å²) in [6.45, 7) is 11.9. The molecule has 11 heteroatoms. The van der Waals surface area contributed by atoms with Crippen LogP contribution in [0.1, 0.15) is 269 Å². The summed E-state index contributed by atoms with van der Waals surface area (Å²) in [4.78, 5) is 50.7. The number of Topliss-reactive ketones (excluding diaryl/α,β-unsaturated/α-hetero) is 2. The summed E-state index contributed by atoms with van der Waals surface area (Å²) < 4.78 is 18.3. The topological polar surface area (TPSA) is 109 Å². The lowest BCUT2D eigenvalue weighted by molar-refractivity contribution is 0.0960. The fourth-order valence-corrected chi connectivity index (χ4v) is 16.1. The summed E-state index contributed by atoms with van der Waals surface area (Å²) in [5.74, 6) is 0.470. The van der Waals surface area contributed by atoms with E-state index in [9.17, 15) is 9.59 Å². The normalized spacial score (nSPS) is 13.9. The summed E-state index contributed by atoms with van der Waals surface area (Å²) in [7, 11) is 0. The largest absolute Gasteiger partial charge is 0.448 e. The molecule has 0 N–H and O–H groups in total. The molecule has 7 heterocycles. The summed E-state index contributed by atoms with van der Waals surface area (Å²) in [6.07, 6.45) is 49.7. The maximum absolute atomic E-state index is 14.6. The number of aromatic nitrogens is 5. The van der Waals surface area contributed by atoms with Crippen molar-refractivity contribution in [3.05, 3.63) is 130 Å². The van der Waals surface area contributed by atoms with Gasteiger partial charge in [0.25, 0.3) is 0 Å². The van der Waals surface area contributed by atoms with Crippen LogP contribution in [0.3, 0.4) is 0 Å². The number of hydrogen-bond donors (Lipinski definition) is 0. The average molecular weight is 1260 g/mol. The van der Waals surface area contributed by atoms with Crippen LogP contribution in [-0.4, -0.2) is 36.1 Å². The van der Waals surface area contributed by atoms with E-state index in [-0.39, 0.29) is 23.1 Å². The van der Waals surface area contributed by atoms with Gasteiger partial charge in [0, 0.05) is 44.0 Å². The van der Waals surface area contributed by atoms with Gasteiger partial charge in [0.15, 0.2) is 0 Å². The second kappa shape index (κ2) is 32.8. The molecule has 0 amide bonds. The second-order valence-electron chi connectivity index (χ2n) is 26.5. The first-order valence-corrected chi connectivity index (χ1v) is 37.4. The zero-order chi connectivity index (χ0) is 62.9. The van der Waals surface area contributed by atoms with E-state index in [1.165, 1.54) is 209 Å². The number of nitrogens with zero attached hydrogens (tertiary/aromatic N) is 5. The fourth-order valence-electron chi connectivity index (χ4n) is 14.0. The van der Waals surface area contributed by atoms with E-state index in [0.29, 0.717) is 29.0 Å². The Morgan fingerprint density at radius 1 is 0.396 bits per heavy atom. The molecule has 11 rings (SSSR count). The molecule has 2 aliphatic heterocycles. The molecule has 2 aliphatic rings. The number of benzene rings is 4.